The number of carbonyl (C=O) groups is 2. The van der Waals surface area contributed by atoms with Gasteiger partial charge in [-0.15, -0.1) is 0 Å². The molecule has 1 saturated heterocycles. The van der Waals surface area contributed by atoms with Gasteiger partial charge in [-0.1, -0.05) is 15.9 Å². The number of aromatic nitrogens is 8. The molecule has 1 aliphatic heterocycles. The number of rotatable bonds is 5. The van der Waals surface area contributed by atoms with Gasteiger partial charge in [0.25, 0.3) is 0 Å². The molecule has 6 aromatic rings. The van der Waals surface area contributed by atoms with E-state index in [2.05, 4.69) is 36.3 Å². The van der Waals surface area contributed by atoms with Crippen LogP contribution in [0.15, 0.2) is 78.3 Å². The molecule has 0 bridgehead atoms. The molecule has 0 unspecified atom stereocenters. The number of hydrogen-bond acceptors (Lipinski definition) is 9. The molecule has 0 amide bonds. The zero-order valence-corrected chi connectivity index (χ0v) is 32.1. The van der Waals surface area contributed by atoms with Gasteiger partial charge in [0, 0.05) is 81.0 Å². The summed E-state index contributed by atoms with van der Waals surface area (Å²) in [6.07, 6.45) is 13.7. The van der Waals surface area contributed by atoms with Gasteiger partial charge in [0.1, 0.15) is 11.1 Å². The predicted molar refractivity (Wildman–Crippen MR) is 189 cm³/mol. The van der Waals surface area contributed by atoms with Crippen LogP contribution in [0.5, 0.6) is 0 Å². The number of pyridine rings is 2. The fourth-order valence-corrected chi connectivity index (χ4v) is 5.09. The third-order valence-electron chi connectivity index (χ3n) is 8.02. The average Bonchev–Trinajstić information content (AvgIpc) is 3.85. The summed E-state index contributed by atoms with van der Waals surface area (Å²) in [5, 5.41) is 25.3. The summed E-state index contributed by atoms with van der Waals surface area (Å²) in [6, 6.07) is 7.37. The van der Waals surface area contributed by atoms with Crippen molar-refractivity contribution in [3.8, 4) is 11.1 Å². The Balaban J connectivity index is 0.000000200. The van der Waals surface area contributed by atoms with Gasteiger partial charge < -0.3 is 26.6 Å². The summed E-state index contributed by atoms with van der Waals surface area (Å²) in [7, 11) is 3.42. The van der Waals surface area contributed by atoms with Crippen LogP contribution in [0, 0.1) is 7.43 Å². The van der Waals surface area contributed by atoms with E-state index in [0.717, 1.165) is 26.6 Å². The van der Waals surface area contributed by atoms with Gasteiger partial charge in [-0.05, 0) is 64.4 Å². The van der Waals surface area contributed by atoms with Gasteiger partial charge in [-0.25, -0.2) is 18.6 Å². The molecule has 0 aliphatic carbocycles. The van der Waals surface area contributed by atoms with E-state index in [1.165, 1.54) is 12.4 Å². The van der Waals surface area contributed by atoms with E-state index in [1.807, 2.05) is 72.4 Å². The van der Waals surface area contributed by atoms with Crippen LogP contribution < -0.4 is 5.46 Å². The van der Waals surface area contributed by atoms with Crippen LogP contribution in [0.4, 0.5) is 0 Å². The fourth-order valence-electron chi connectivity index (χ4n) is 4.76. The molecular formula is C33H39BBrN8O6Pd-. The summed E-state index contributed by atoms with van der Waals surface area (Å²) in [4.78, 5) is 22.6. The first-order chi connectivity index (χ1) is 22.7. The van der Waals surface area contributed by atoms with Crippen LogP contribution in [0.3, 0.4) is 0 Å². The molecule has 7 rings (SSSR count). The van der Waals surface area contributed by atoms with Crippen molar-refractivity contribution in [1.82, 2.24) is 38.8 Å². The molecule has 0 spiro atoms. The Morgan fingerprint density at radius 3 is 1.94 bits per heavy atom. The standard InChI is InChI=1S/C12H10N4O2.C10H17BN2O2.C10H9BrN2O2.CH3.Pd/c1-15-7-9(5-13-15)8-2-3-16-11(4-8)10(6-14-16)12(17)18;1-9(2)10(3,4)15-11(14-9)8-6-12-13(5)7-8;1-2-15-10(14)8-6-12-13-4-3-7(11)5-9(8)13;;/h2-7H,1H3,(H,17,18);6-7H,1-5H3;3-6H,2H2,1H3;1H3;/q;;;-1;. The van der Waals surface area contributed by atoms with E-state index >= 15 is 0 Å². The Morgan fingerprint density at radius 2 is 1.40 bits per heavy atom. The van der Waals surface area contributed by atoms with Gasteiger partial charge >= 0.3 is 19.1 Å². The van der Waals surface area contributed by atoms with Crippen LogP contribution in [-0.4, -0.2) is 80.8 Å². The molecule has 6 aromatic heterocycles. The zero-order chi connectivity index (χ0) is 34.8. The van der Waals surface area contributed by atoms with Crippen LogP contribution in [0.2, 0.25) is 0 Å². The Kier molecular flexibility index (Phi) is 13.1. The smallest absolute Gasteiger partial charge is 0.478 e. The minimum atomic E-state index is -0.978. The molecule has 0 atom stereocenters. The molecule has 268 valence electrons. The summed E-state index contributed by atoms with van der Waals surface area (Å²) < 4.78 is 24.2. The summed E-state index contributed by atoms with van der Waals surface area (Å²) in [5.41, 5.74) is 4.25. The summed E-state index contributed by atoms with van der Waals surface area (Å²) in [5.74, 6) is -1.32. The summed E-state index contributed by atoms with van der Waals surface area (Å²) >= 11 is 3.35. The molecule has 0 saturated carbocycles. The Morgan fingerprint density at radius 1 is 0.840 bits per heavy atom. The van der Waals surface area contributed by atoms with Crippen molar-refractivity contribution >= 4 is 51.5 Å². The van der Waals surface area contributed by atoms with Crippen molar-refractivity contribution in [3.05, 3.63) is 96.9 Å². The predicted octanol–water partition coefficient (Wildman–Crippen LogP) is 4.87. The minimum Gasteiger partial charge on any atom is -0.478 e. The largest absolute Gasteiger partial charge is 0.498 e. The number of halogens is 1. The number of nitrogens with zero attached hydrogens (tertiary/aromatic N) is 8. The van der Waals surface area contributed by atoms with Crippen molar-refractivity contribution in [1.29, 1.82) is 0 Å². The Hall–Kier alpha value is -4.13. The first kappa shape index (κ1) is 40.3. The maximum atomic E-state index is 11.5. The van der Waals surface area contributed by atoms with Crippen molar-refractivity contribution in [2.24, 2.45) is 14.1 Å². The molecule has 14 nitrogen and oxygen atoms in total. The van der Waals surface area contributed by atoms with Gasteiger partial charge in [0.15, 0.2) is 0 Å². The topological polar surface area (TPSA) is 152 Å². The number of carboxylic acid groups (broad SMARTS) is 1. The third-order valence-corrected chi connectivity index (χ3v) is 8.51. The molecule has 1 N–H and O–H groups in total. The van der Waals surface area contributed by atoms with E-state index in [4.69, 9.17) is 19.2 Å². The van der Waals surface area contributed by atoms with Crippen LogP contribution in [-0.2, 0) is 48.6 Å². The van der Waals surface area contributed by atoms with Crippen molar-refractivity contribution < 1.29 is 49.2 Å². The molecule has 1 aliphatic rings. The number of ether oxygens (including phenoxy) is 1. The van der Waals surface area contributed by atoms with Crippen molar-refractivity contribution in [2.45, 2.75) is 45.8 Å². The maximum absolute atomic E-state index is 11.5. The fraction of sp³-hybridized carbons (Fsp3) is 0.303. The van der Waals surface area contributed by atoms with Crippen LogP contribution in [0.1, 0.15) is 55.3 Å². The second-order valence-corrected chi connectivity index (χ2v) is 12.9. The van der Waals surface area contributed by atoms with Crippen molar-refractivity contribution in [2.75, 3.05) is 6.61 Å². The van der Waals surface area contributed by atoms with E-state index < -0.39 is 5.97 Å². The van der Waals surface area contributed by atoms with Gasteiger partial charge in [-0.3, -0.25) is 9.36 Å². The van der Waals surface area contributed by atoms with Crippen LogP contribution in [0.25, 0.3) is 22.2 Å². The second-order valence-electron chi connectivity index (χ2n) is 12.0. The molecule has 50 heavy (non-hydrogen) atoms. The van der Waals surface area contributed by atoms with Gasteiger partial charge in [-0.2, -0.15) is 20.4 Å². The molecule has 17 heteroatoms. The molecule has 7 heterocycles. The first-order valence-electron chi connectivity index (χ1n) is 15.0. The third kappa shape index (κ3) is 8.77. The number of aryl methyl sites for hydroxylation is 2. The van der Waals surface area contributed by atoms with Crippen LogP contribution >= 0.6 is 15.9 Å². The molecule has 0 radical (unpaired) electrons. The molecule has 1 fully saturated rings. The van der Waals surface area contributed by atoms with E-state index in [9.17, 15) is 9.59 Å². The quantitative estimate of drug-likeness (QED) is 0.145. The number of carbonyl (C=O) groups excluding carboxylic acids is 1. The maximum Gasteiger partial charge on any atom is 0.498 e. The summed E-state index contributed by atoms with van der Waals surface area (Å²) in [6.45, 7) is 10.3. The normalized spacial score (nSPS) is 14.1. The Labute approximate surface area is 312 Å². The minimum absolute atomic E-state index is 0. The number of carboxylic acids is 1. The number of esters is 1. The zero-order valence-electron chi connectivity index (χ0n) is 29.0. The number of fused-ring (bicyclic) bond motifs is 2. The SMILES string of the molecule is CCOC(=O)c1cnn2ccc(Br)cc12.Cn1cc(-c2ccn3ncc(C(=O)O)c3c2)cn1.Cn1cc(B2OC(C)(C)C(C)(C)O2)cn1.[CH3-].[Pd]. The molecule has 0 aromatic carbocycles. The second kappa shape index (κ2) is 16.3. The number of hydrogen-bond donors (Lipinski definition) is 1. The Bertz CT molecular complexity index is 2070. The van der Waals surface area contributed by atoms with E-state index in [0.29, 0.717) is 17.7 Å². The average molecular weight is 841 g/mol. The van der Waals surface area contributed by atoms with E-state index in [1.54, 1.807) is 56.2 Å². The molecular weight excluding hydrogens is 802 g/mol. The number of aromatic carboxylic acids is 1. The van der Waals surface area contributed by atoms with Crippen molar-refractivity contribution in [3.63, 3.8) is 0 Å². The van der Waals surface area contributed by atoms with E-state index in [-0.39, 0.29) is 57.7 Å². The monoisotopic (exact) mass is 839 g/mol. The van der Waals surface area contributed by atoms with Gasteiger partial charge in [0.2, 0.25) is 0 Å². The van der Waals surface area contributed by atoms with Gasteiger partial charge in [0.05, 0.1) is 47.4 Å². The first-order valence-corrected chi connectivity index (χ1v) is 15.8.